The number of carbonyl (C=O) groups excluding carboxylic acids is 1. The summed E-state index contributed by atoms with van der Waals surface area (Å²) in [4.78, 5) is 21.5. The molecule has 0 N–H and O–H groups in total. The first kappa shape index (κ1) is 17.0. The number of nitrogens with zero attached hydrogens (tertiary/aromatic N) is 3. The van der Waals surface area contributed by atoms with E-state index in [2.05, 4.69) is 14.8 Å². The monoisotopic (exact) mass is 343 g/mol. The van der Waals surface area contributed by atoms with Crippen molar-refractivity contribution in [1.82, 2.24) is 14.8 Å². The molecule has 0 saturated carbocycles. The summed E-state index contributed by atoms with van der Waals surface area (Å²) in [5.74, 6) is 0.935. The van der Waals surface area contributed by atoms with E-state index in [0.29, 0.717) is 5.41 Å². The number of piperidine rings is 1. The number of pyridine rings is 1. The highest BCUT2D eigenvalue weighted by atomic mass is 16.5. The van der Waals surface area contributed by atoms with Gasteiger partial charge in [0.15, 0.2) is 0 Å². The molecular weight excluding hydrogens is 314 g/mol. The van der Waals surface area contributed by atoms with Crippen LogP contribution in [0.4, 0.5) is 0 Å². The van der Waals surface area contributed by atoms with Gasteiger partial charge < -0.3 is 14.5 Å². The third kappa shape index (κ3) is 3.87. The highest BCUT2D eigenvalue weighted by molar-refractivity contribution is 5.94. The summed E-state index contributed by atoms with van der Waals surface area (Å²) in [6.07, 6.45) is 9.48. The second-order valence-corrected chi connectivity index (χ2v) is 8.11. The maximum atomic E-state index is 12.7. The molecule has 3 fully saturated rings. The molecule has 136 valence electrons. The SMILES string of the molecule is O=C(c1cccnc1)N1CCC2(CCCN(CC3CCOCC3)C2)C1. The van der Waals surface area contributed by atoms with Crippen LogP contribution in [0.2, 0.25) is 0 Å². The average molecular weight is 343 g/mol. The zero-order chi connectivity index (χ0) is 17.1. The van der Waals surface area contributed by atoms with Crippen LogP contribution in [0.15, 0.2) is 24.5 Å². The lowest BCUT2D eigenvalue weighted by molar-refractivity contribution is 0.0309. The van der Waals surface area contributed by atoms with Crippen LogP contribution < -0.4 is 0 Å². The van der Waals surface area contributed by atoms with Gasteiger partial charge in [0.05, 0.1) is 5.56 Å². The number of amides is 1. The fraction of sp³-hybridized carbons (Fsp3) is 0.700. The summed E-state index contributed by atoms with van der Waals surface area (Å²) in [5, 5.41) is 0. The van der Waals surface area contributed by atoms with Crippen LogP contribution in [0.5, 0.6) is 0 Å². The Labute approximate surface area is 150 Å². The Hall–Kier alpha value is -1.46. The van der Waals surface area contributed by atoms with Gasteiger partial charge in [0.2, 0.25) is 0 Å². The Morgan fingerprint density at radius 1 is 1.24 bits per heavy atom. The van der Waals surface area contributed by atoms with Gasteiger partial charge in [-0.1, -0.05) is 0 Å². The van der Waals surface area contributed by atoms with E-state index >= 15 is 0 Å². The number of hydrogen-bond acceptors (Lipinski definition) is 4. The molecule has 3 aliphatic heterocycles. The second kappa shape index (κ2) is 7.42. The molecule has 1 amide bonds. The Balaban J connectivity index is 1.36. The summed E-state index contributed by atoms with van der Waals surface area (Å²) in [6.45, 7) is 7.23. The second-order valence-electron chi connectivity index (χ2n) is 8.11. The van der Waals surface area contributed by atoms with E-state index in [0.717, 1.165) is 50.8 Å². The van der Waals surface area contributed by atoms with E-state index < -0.39 is 0 Å². The maximum absolute atomic E-state index is 12.7. The first-order valence-corrected chi connectivity index (χ1v) is 9.74. The molecule has 0 bridgehead atoms. The smallest absolute Gasteiger partial charge is 0.255 e. The Morgan fingerprint density at radius 3 is 2.92 bits per heavy atom. The number of hydrogen-bond donors (Lipinski definition) is 0. The van der Waals surface area contributed by atoms with Crippen molar-refractivity contribution in [3.8, 4) is 0 Å². The molecule has 3 aliphatic rings. The molecule has 5 nitrogen and oxygen atoms in total. The van der Waals surface area contributed by atoms with Crippen molar-refractivity contribution >= 4 is 5.91 Å². The van der Waals surface area contributed by atoms with Crippen molar-refractivity contribution in [3.63, 3.8) is 0 Å². The van der Waals surface area contributed by atoms with Crippen molar-refractivity contribution in [2.45, 2.75) is 32.1 Å². The lowest BCUT2D eigenvalue weighted by Crippen LogP contribution is -2.47. The minimum atomic E-state index is 0.145. The van der Waals surface area contributed by atoms with Crippen molar-refractivity contribution < 1.29 is 9.53 Å². The van der Waals surface area contributed by atoms with Gasteiger partial charge in [-0.2, -0.15) is 0 Å². The molecule has 0 aromatic carbocycles. The first-order valence-electron chi connectivity index (χ1n) is 9.74. The van der Waals surface area contributed by atoms with Crippen molar-refractivity contribution in [2.75, 3.05) is 45.9 Å². The largest absolute Gasteiger partial charge is 0.381 e. The molecule has 1 spiro atoms. The third-order valence-electron chi connectivity index (χ3n) is 6.23. The van der Waals surface area contributed by atoms with Gasteiger partial charge >= 0.3 is 0 Å². The summed E-state index contributed by atoms with van der Waals surface area (Å²) in [6, 6.07) is 3.72. The molecule has 0 radical (unpaired) electrons. The Kier molecular flexibility index (Phi) is 5.04. The van der Waals surface area contributed by atoms with Crippen LogP contribution >= 0.6 is 0 Å². The van der Waals surface area contributed by atoms with Gasteiger partial charge in [0.25, 0.3) is 5.91 Å². The van der Waals surface area contributed by atoms with Gasteiger partial charge in [0.1, 0.15) is 0 Å². The van der Waals surface area contributed by atoms with Crippen molar-refractivity contribution in [3.05, 3.63) is 30.1 Å². The van der Waals surface area contributed by atoms with Gasteiger partial charge in [-0.3, -0.25) is 9.78 Å². The van der Waals surface area contributed by atoms with Gasteiger partial charge in [0, 0.05) is 57.2 Å². The number of rotatable bonds is 3. The molecule has 0 aliphatic carbocycles. The standard InChI is InChI=1S/C20H29N3O2/c24-19(18-3-1-8-21-13-18)23-10-7-20(16-23)6-2-9-22(15-20)14-17-4-11-25-12-5-17/h1,3,8,13,17H,2,4-7,9-12,14-16H2. The Bertz CT molecular complexity index is 588. The van der Waals surface area contributed by atoms with Crippen molar-refractivity contribution in [1.29, 1.82) is 0 Å². The van der Waals surface area contributed by atoms with Crippen LogP contribution in [0.3, 0.4) is 0 Å². The molecule has 5 heteroatoms. The molecule has 4 heterocycles. The number of carbonyl (C=O) groups is 1. The molecule has 1 unspecified atom stereocenters. The highest BCUT2D eigenvalue weighted by Crippen LogP contribution is 2.39. The normalized spacial score (nSPS) is 28.6. The zero-order valence-corrected chi connectivity index (χ0v) is 15.0. The van der Waals surface area contributed by atoms with Crippen molar-refractivity contribution in [2.24, 2.45) is 11.3 Å². The van der Waals surface area contributed by atoms with E-state index in [1.807, 2.05) is 12.1 Å². The fourth-order valence-corrected chi connectivity index (χ4v) is 4.87. The van der Waals surface area contributed by atoms with E-state index in [4.69, 9.17) is 4.74 Å². The van der Waals surface area contributed by atoms with Gasteiger partial charge in [-0.25, -0.2) is 0 Å². The summed E-state index contributed by atoms with van der Waals surface area (Å²) in [7, 11) is 0. The first-order chi connectivity index (χ1) is 12.2. The average Bonchev–Trinajstić information content (AvgIpc) is 3.06. The molecule has 1 atom stereocenters. The molecule has 1 aromatic heterocycles. The maximum Gasteiger partial charge on any atom is 0.255 e. The zero-order valence-electron chi connectivity index (χ0n) is 15.0. The number of ether oxygens (including phenoxy) is 1. The predicted molar refractivity (Wildman–Crippen MR) is 96.4 cm³/mol. The molecular formula is C20H29N3O2. The molecule has 1 aromatic rings. The summed E-state index contributed by atoms with van der Waals surface area (Å²) >= 11 is 0. The minimum absolute atomic E-state index is 0.145. The lowest BCUT2D eigenvalue weighted by Gasteiger charge is -2.42. The predicted octanol–water partition coefficient (Wildman–Crippen LogP) is 2.44. The van der Waals surface area contributed by atoms with Crippen LogP contribution in [0.1, 0.15) is 42.5 Å². The van der Waals surface area contributed by atoms with Crippen LogP contribution in [-0.4, -0.2) is 66.6 Å². The minimum Gasteiger partial charge on any atom is -0.381 e. The van der Waals surface area contributed by atoms with E-state index in [9.17, 15) is 4.79 Å². The van der Waals surface area contributed by atoms with Gasteiger partial charge in [-0.15, -0.1) is 0 Å². The highest BCUT2D eigenvalue weighted by Gasteiger charge is 2.43. The molecule has 3 saturated heterocycles. The van der Waals surface area contributed by atoms with E-state index in [1.165, 1.54) is 38.8 Å². The summed E-state index contributed by atoms with van der Waals surface area (Å²) < 4.78 is 5.50. The molecule has 4 rings (SSSR count). The topological polar surface area (TPSA) is 45.7 Å². The van der Waals surface area contributed by atoms with E-state index in [1.54, 1.807) is 12.4 Å². The van der Waals surface area contributed by atoms with Crippen LogP contribution in [0, 0.1) is 11.3 Å². The lowest BCUT2D eigenvalue weighted by atomic mass is 9.79. The van der Waals surface area contributed by atoms with Crippen LogP contribution in [0.25, 0.3) is 0 Å². The van der Waals surface area contributed by atoms with E-state index in [-0.39, 0.29) is 5.91 Å². The Morgan fingerprint density at radius 2 is 2.12 bits per heavy atom. The number of aromatic nitrogens is 1. The number of likely N-dealkylation sites (tertiary alicyclic amines) is 2. The third-order valence-corrected chi connectivity index (χ3v) is 6.23. The quantitative estimate of drug-likeness (QED) is 0.846. The van der Waals surface area contributed by atoms with Gasteiger partial charge in [-0.05, 0) is 56.7 Å². The molecule has 25 heavy (non-hydrogen) atoms. The van der Waals surface area contributed by atoms with Crippen LogP contribution in [-0.2, 0) is 4.74 Å². The summed E-state index contributed by atoms with van der Waals surface area (Å²) in [5.41, 5.74) is 1.02. The fourth-order valence-electron chi connectivity index (χ4n) is 4.87.